The summed E-state index contributed by atoms with van der Waals surface area (Å²) in [5, 5.41) is 8.79. The fourth-order valence-corrected chi connectivity index (χ4v) is 4.50. The minimum Gasteiger partial charge on any atom is -0.419 e. The number of halogens is 1. The summed E-state index contributed by atoms with van der Waals surface area (Å²) in [5.41, 5.74) is 2.48. The summed E-state index contributed by atoms with van der Waals surface area (Å²) < 4.78 is 11.6. The number of hydrogen-bond acceptors (Lipinski definition) is 6. The van der Waals surface area contributed by atoms with Gasteiger partial charge >= 0.3 is 0 Å². The van der Waals surface area contributed by atoms with Crippen molar-refractivity contribution in [1.29, 1.82) is 0 Å². The molecule has 1 aliphatic rings. The molecule has 0 aliphatic carbocycles. The second kappa shape index (κ2) is 10.7. The van der Waals surface area contributed by atoms with Gasteiger partial charge in [-0.2, -0.15) is 0 Å². The van der Waals surface area contributed by atoms with E-state index in [-0.39, 0.29) is 30.7 Å². The Balaban J connectivity index is 1.43. The maximum absolute atomic E-state index is 13.3. The number of amides is 1. The van der Waals surface area contributed by atoms with Crippen LogP contribution in [0.15, 0.2) is 52.9 Å². The highest BCUT2D eigenvalue weighted by Crippen LogP contribution is 2.27. The first-order valence-electron chi connectivity index (χ1n) is 11.6. The van der Waals surface area contributed by atoms with Crippen molar-refractivity contribution in [1.82, 2.24) is 20.0 Å². The first-order chi connectivity index (χ1) is 16.3. The van der Waals surface area contributed by atoms with Gasteiger partial charge in [0.2, 0.25) is 11.8 Å². The largest absolute Gasteiger partial charge is 0.419 e. The van der Waals surface area contributed by atoms with Crippen LogP contribution in [0.3, 0.4) is 0 Å². The molecule has 1 amide bonds. The van der Waals surface area contributed by atoms with E-state index in [1.807, 2.05) is 56.3 Å². The maximum Gasteiger partial charge on any atom is 0.254 e. The van der Waals surface area contributed by atoms with Crippen LogP contribution in [0.2, 0.25) is 5.02 Å². The topological polar surface area (TPSA) is 71.7 Å². The van der Waals surface area contributed by atoms with Crippen molar-refractivity contribution in [3.8, 4) is 11.5 Å². The van der Waals surface area contributed by atoms with Crippen molar-refractivity contribution >= 4 is 17.5 Å². The van der Waals surface area contributed by atoms with Gasteiger partial charge in [0.05, 0.1) is 29.3 Å². The predicted octanol–water partition coefficient (Wildman–Crippen LogP) is 5.05. The first-order valence-corrected chi connectivity index (χ1v) is 12.0. The molecule has 1 aliphatic heterocycles. The highest BCUT2D eigenvalue weighted by Gasteiger charge is 2.24. The molecule has 0 N–H and O–H groups in total. The van der Waals surface area contributed by atoms with Crippen LogP contribution in [0.5, 0.6) is 0 Å². The second-order valence-corrected chi connectivity index (χ2v) is 9.56. The maximum atomic E-state index is 13.3. The average molecular weight is 483 g/mol. The third-order valence-electron chi connectivity index (χ3n) is 5.86. The number of benzene rings is 2. The van der Waals surface area contributed by atoms with Crippen molar-refractivity contribution < 1.29 is 13.9 Å². The van der Waals surface area contributed by atoms with Crippen LogP contribution >= 0.6 is 11.6 Å². The summed E-state index contributed by atoms with van der Waals surface area (Å²) in [7, 11) is 0. The number of nitrogens with zero attached hydrogens (tertiary/aromatic N) is 4. The molecule has 0 saturated carbocycles. The molecule has 180 valence electrons. The lowest BCUT2D eigenvalue weighted by Gasteiger charge is -2.35. The van der Waals surface area contributed by atoms with E-state index in [1.165, 1.54) is 5.56 Å². The zero-order chi connectivity index (χ0) is 24.2. The molecule has 0 radical (unpaired) electrons. The lowest BCUT2D eigenvalue weighted by atomic mass is 10.1. The molecule has 1 fully saturated rings. The summed E-state index contributed by atoms with van der Waals surface area (Å²) in [6, 6.07) is 15.1. The van der Waals surface area contributed by atoms with E-state index in [2.05, 4.69) is 28.9 Å². The predicted molar refractivity (Wildman–Crippen MR) is 131 cm³/mol. The molecule has 0 bridgehead atoms. The number of aromatic nitrogens is 2. The number of carbonyl (C=O) groups excluding carboxylic acids is 1. The van der Waals surface area contributed by atoms with Gasteiger partial charge in [-0.25, -0.2) is 0 Å². The summed E-state index contributed by atoms with van der Waals surface area (Å²) in [5.74, 6) is 0.629. The Hall–Kier alpha value is -2.74. The number of morpholine rings is 1. The molecule has 3 aromatic rings. The van der Waals surface area contributed by atoms with Crippen molar-refractivity contribution in [3.05, 3.63) is 70.6 Å². The zero-order valence-electron chi connectivity index (χ0n) is 20.1. The van der Waals surface area contributed by atoms with Gasteiger partial charge in [-0.3, -0.25) is 9.69 Å². The van der Waals surface area contributed by atoms with E-state index in [9.17, 15) is 4.79 Å². The zero-order valence-corrected chi connectivity index (χ0v) is 20.8. The molecular formula is C26H31ClN4O3. The van der Waals surface area contributed by atoms with Gasteiger partial charge in [0.15, 0.2) is 0 Å². The van der Waals surface area contributed by atoms with Crippen LogP contribution in [0, 0.1) is 0 Å². The van der Waals surface area contributed by atoms with Crippen molar-refractivity contribution in [2.24, 2.45) is 0 Å². The Labute approximate surface area is 205 Å². The number of rotatable bonds is 7. The smallest absolute Gasteiger partial charge is 0.254 e. The summed E-state index contributed by atoms with van der Waals surface area (Å²) in [4.78, 5) is 17.4. The van der Waals surface area contributed by atoms with Gasteiger partial charge in [0, 0.05) is 31.2 Å². The number of hydrogen-bond donors (Lipinski definition) is 0. The third kappa shape index (κ3) is 5.84. The van der Waals surface area contributed by atoms with Gasteiger partial charge in [0.1, 0.15) is 0 Å². The van der Waals surface area contributed by atoms with Gasteiger partial charge in [0.25, 0.3) is 5.91 Å². The SMILES string of the molecule is CC1CN(Cc2ccc(C(=O)N(Cc3nnc(-c4ccccc4Cl)o3)C(C)C)cc2)CC(C)O1. The Morgan fingerprint density at radius 3 is 2.41 bits per heavy atom. The molecule has 1 aromatic heterocycles. The summed E-state index contributed by atoms with van der Waals surface area (Å²) >= 11 is 6.24. The summed E-state index contributed by atoms with van der Waals surface area (Å²) in [6.45, 7) is 11.0. The quantitative estimate of drug-likeness (QED) is 0.469. The molecule has 34 heavy (non-hydrogen) atoms. The molecule has 4 rings (SSSR count). The van der Waals surface area contributed by atoms with Gasteiger partial charge < -0.3 is 14.1 Å². The summed E-state index contributed by atoms with van der Waals surface area (Å²) in [6.07, 6.45) is 0.458. The first kappa shape index (κ1) is 24.4. The monoisotopic (exact) mass is 482 g/mol. The van der Waals surface area contributed by atoms with E-state index in [1.54, 1.807) is 11.0 Å². The minimum absolute atomic E-state index is 0.0424. The lowest BCUT2D eigenvalue weighted by molar-refractivity contribution is -0.0704. The van der Waals surface area contributed by atoms with Crippen molar-refractivity contribution in [2.75, 3.05) is 13.1 Å². The molecule has 2 unspecified atom stereocenters. The van der Waals surface area contributed by atoms with E-state index < -0.39 is 0 Å². The number of ether oxygens (including phenoxy) is 1. The normalized spacial score (nSPS) is 18.9. The molecule has 2 heterocycles. The van der Waals surface area contributed by atoms with Crippen LogP contribution in [0.4, 0.5) is 0 Å². The van der Waals surface area contributed by atoms with Crippen LogP contribution < -0.4 is 0 Å². The Kier molecular flexibility index (Phi) is 7.66. The molecule has 2 aromatic carbocycles. The van der Waals surface area contributed by atoms with Gasteiger partial charge in [-0.15, -0.1) is 10.2 Å². The van der Waals surface area contributed by atoms with E-state index in [0.717, 1.165) is 19.6 Å². The molecule has 7 nitrogen and oxygen atoms in total. The fourth-order valence-electron chi connectivity index (χ4n) is 4.29. The van der Waals surface area contributed by atoms with E-state index in [0.29, 0.717) is 27.9 Å². The minimum atomic E-state index is -0.0762. The van der Waals surface area contributed by atoms with Crippen LogP contribution in [0.25, 0.3) is 11.5 Å². The Bertz CT molecular complexity index is 1110. The average Bonchev–Trinajstić information content (AvgIpc) is 3.25. The van der Waals surface area contributed by atoms with E-state index >= 15 is 0 Å². The van der Waals surface area contributed by atoms with Gasteiger partial charge in [-0.1, -0.05) is 35.9 Å². The fraction of sp³-hybridized carbons (Fsp3) is 0.423. The molecule has 2 atom stereocenters. The van der Waals surface area contributed by atoms with Crippen LogP contribution in [-0.2, 0) is 17.8 Å². The highest BCUT2D eigenvalue weighted by molar-refractivity contribution is 6.33. The van der Waals surface area contributed by atoms with E-state index in [4.69, 9.17) is 20.8 Å². The Morgan fingerprint density at radius 2 is 1.76 bits per heavy atom. The van der Waals surface area contributed by atoms with Gasteiger partial charge in [-0.05, 0) is 57.5 Å². The molecule has 8 heteroatoms. The molecular weight excluding hydrogens is 452 g/mol. The third-order valence-corrected chi connectivity index (χ3v) is 6.19. The second-order valence-electron chi connectivity index (χ2n) is 9.16. The van der Waals surface area contributed by atoms with Crippen LogP contribution in [-0.4, -0.2) is 57.2 Å². The number of carbonyl (C=O) groups is 1. The standard InChI is InChI=1S/C26H31ClN4O3/c1-17(2)31(16-24-28-29-25(34-24)22-7-5-6-8-23(22)27)26(32)21-11-9-20(10-12-21)15-30-13-18(3)33-19(4)14-30/h5-12,17-19H,13-16H2,1-4H3. The van der Waals surface area contributed by atoms with Crippen molar-refractivity contribution in [2.45, 2.75) is 59.0 Å². The highest BCUT2D eigenvalue weighted by atomic mass is 35.5. The van der Waals surface area contributed by atoms with Crippen LogP contribution in [0.1, 0.15) is 49.5 Å². The lowest BCUT2D eigenvalue weighted by Crippen LogP contribution is -2.44. The van der Waals surface area contributed by atoms with Crippen molar-refractivity contribution in [3.63, 3.8) is 0 Å². The molecule has 1 saturated heterocycles. The Morgan fingerprint density at radius 1 is 1.09 bits per heavy atom. The molecule has 0 spiro atoms.